The summed E-state index contributed by atoms with van der Waals surface area (Å²) in [5, 5.41) is 13.0. The van der Waals surface area contributed by atoms with Crippen molar-refractivity contribution in [3.8, 4) is 0 Å². The summed E-state index contributed by atoms with van der Waals surface area (Å²) >= 11 is 0. The summed E-state index contributed by atoms with van der Waals surface area (Å²) in [6.07, 6.45) is 3.25. The van der Waals surface area contributed by atoms with Crippen molar-refractivity contribution in [3.63, 3.8) is 0 Å². The van der Waals surface area contributed by atoms with E-state index in [1.54, 1.807) is 0 Å². The third-order valence-electron chi connectivity index (χ3n) is 4.15. The second-order valence-electron chi connectivity index (χ2n) is 5.58. The van der Waals surface area contributed by atoms with E-state index in [1.807, 2.05) is 48.7 Å². The zero-order valence-electron chi connectivity index (χ0n) is 12.8. The van der Waals surface area contributed by atoms with Crippen LogP contribution < -0.4 is 5.32 Å². The van der Waals surface area contributed by atoms with Gasteiger partial charge in [-0.1, -0.05) is 6.07 Å². The number of imide groups is 1. The Kier molecular flexibility index (Phi) is 3.32. The van der Waals surface area contributed by atoms with Crippen molar-refractivity contribution in [3.05, 3.63) is 60.4 Å². The van der Waals surface area contributed by atoms with Gasteiger partial charge in [-0.2, -0.15) is 0 Å². The number of carbonyl (C=O) groups excluding carboxylic acids is 2. The third kappa shape index (κ3) is 2.16. The summed E-state index contributed by atoms with van der Waals surface area (Å²) in [4.78, 5) is 25.2. The largest absolute Gasteiger partial charge is 0.395 e. The van der Waals surface area contributed by atoms with Gasteiger partial charge in [0.1, 0.15) is 5.70 Å². The lowest BCUT2D eigenvalue weighted by Crippen LogP contribution is -2.34. The van der Waals surface area contributed by atoms with Gasteiger partial charge in [-0.3, -0.25) is 14.5 Å². The first-order valence-corrected chi connectivity index (χ1v) is 7.63. The molecule has 3 aromatic rings. The highest BCUT2D eigenvalue weighted by Crippen LogP contribution is 2.27. The number of aliphatic hydroxyl groups is 1. The maximum Gasteiger partial charge on any atom is 0.277 e. The SMILES string of the molecule is O=C1C=C(Nc2cccc3c2ccc2cccn23)C(=O)N1CCO. The molecule has 1 aromatic carbocycles. The second kappa shape index (κ2) is 5.50. The number of pyridine rings is 1. The topological polar surface area (TPSA) is 74.1 Å². The van der Waals surface area contributed by atoms with Crippen LogP contribution >= 0.6 is 0 Å². The molecule has 0 aliphatic carbocycles. The van der Waals surface area contributed by atoms with Gasteiger partial charge in [0.15, 0.2) is 0 Å². The number of aromatic nitrogens is 1. The number of nitrogens with one attached hydrogen (secondary N) is 1. The van der Waals surface area contributed by atoms with Gasteiger partial charge in [0.25, 0.3) is 11.8 Å². The van der Waals surface area contributed by atoms with Crippen LogP contribution in [-0.4, -0.2) is 39.4 Å². The fourth-order valence-corrected chi connectivity index (χ4v) is 3.02. The van der Waals surface area contributed by atoms with E-state index >= 15 is 0 Å². The standard InChI is InChI=1S/C18H15N3O3/c22-10-9-21-17(23)11-15(18(21)24)19-14-4-1-5-16-13(14)7-6-12-3-2-8-20(12)16/h1-8,11,19,22H,9-10H2. The van der Waals surface area contributed by atoms with E-state index in [2.05, 4.69) is 9.72 Å². The van der Waals surface area contributed by atoms with Gasteiger partial charge in [0.05, 0.1) is 18.7 Å². The molecule has 2 N–H and O–H groups in total. The molecule has 6 heteroatoms. The molecular formula is C18H15N3O3. The first kappa shape index (κ1) is 14.5. The summed E-state index contributed by atoms with van der Waals surface area (Å²) in [5.41, 5.74) is 3.06. The van der Waals surface area contributed by atoms with Crippen LogP contribution in [0.15, 0.2) is 60.4 Å². The Morgan fingerprint density at radius 3 is 2.75 bits per heavy atom. The number of benzene rings is 1. The van der Waals surface area contributed by atoms with Gasteiger partial charge >= 0.3 is 0 Å². The minimum Gasteiger partial charge on any atom is -0.395 e. The number of hydrogen-bond donors (Lipinski definition) is 2. The first-order chi connectivity index (χ1) is 11.7. The molecule has 0 spiro atoms. The number of anilines is 1. The summed E-state index contributed by atoms with van der Waals surface area (Å²) in [6, 6.07) is 13.8. The van der Waals surface area contributed by atoms with Crippen molar-refractivity contribution in [2.75, 3.05) is 18.5 Å². The molecule has 0 fully saturated rings. The number of amides is 2. The van der Waals surface area contributed by atoms with Crippen LogP contribution in [0, 0.1) is 0 Å². The van der Waals surface area contributed by atoms with Gasteiger partial charge < -0.3 is 14.8 Å². The predicted molar refractivity (Wildman–Crippen MR) is 90.4 cm³/mol. The second-order valence-corrected chi connectivity index (χ2v) is 5.58. The quantitative estimate of drug-likeness (QED) is 0.718. The summed E-state index contributed by atoms with van der Waals surface area (Å²) < 4.78 is 2.06. The van der Waals surface area contributed by atoms with Crippen molar-refractivity contribution < 1.29 is 14.7 Å². The Balaban J connectivity index is 1.74. The lowest BCUT2D eigenvalue weighted by atomic mass is 10.1. The molecular weight excluding hydrogens is 306 g/mol. The molecule has 2 aromatic heterocycles. The lowest BCUT2D eigenvalue weighted by Gasteiger charge is -2.14. The smallest absolute Gasteiger partial charge is 0.277 e. The Morgan fingerprint density at radius 1 is 1.04 bits per heavy atom. The van der Waals surface area contributed by atoms with E-state index in [1.165, 1.54) is 6.08 Å². The molecule has 3 heterocycles. The lowest BCUT2D eigenvalue weighted by molar-refractivity contribution is -0.137. The summed E-state index contributed by atoms with van der Waals surface area (Å²) in [5.74, 6) is -0.835. The van der Waals surface area contributed by atoms with E-state index in [-0.39, 0.29) is 18.8 Å². The highest BCUT2D eigenvalue weighted by molar-refractivity contribution is 6.18. The molecule has 0 radical (unpaired) electrons. The van der Waals surface area contributed by atoms with Crippen LogP contribution in [0.5, 0.6) is 0 Å². The van der Waals surface area contributed by atoms with Crippen molar-refractivity contribution >= 4 is 33.9 Å². The Bertz CT molecular complexity index is 1000. The van der Waals surface area contributed by atoms with Crippen LogP contribution in [0.1, 0.15) is 0 Å². The van der Waals surface area contributed by atoms with Crippen molar-refractivity contribution in [2.45, 2.75) is 0 Å². The highest BCUT2D eigenvalue weighted by Gasteiger charge is 2.30. The number of nitrogens with zero attached hydrogens (tertiary/aromatic N) is 2. The fraction of sp³-hybridized carbons (Fsp3) is 0.111. The number of rotatable bonds is 4. The van der Waals surface area contributed by atoms with Crippen LogP contribution in [-0.2, 0) is 9.59 Å². The Morgan fingerprint density at radius 2 is 1.92 bits per heavy atom. The number of hydrogen-bond acceptors (Lipinski definition) is 4. The first-order valence-electron chi connectivity index (χ1n) is 7.63. The number of β-amino-alcohol motifs (C(OH)–C–C–N with tert-alkyl or cyclic N) is 1. The zero-order chi connectivity index (χ0) is 16.7. The Hall–Kier alpha value is -3.12. The number of fused-ring (bicyclic) bond motifs is 3. The maximum atomic E-state index is 12.3. The predicted octanol–water partition coefficient (Wildman–Crippen LogP) is 1.75. The van der Waals surface area contributed by atoms with Crippen LogP contribution in [0.25, 0.3) is 16.4 Å². The molecule has 24 heavy (non-hydrogen) atoms. The van der Waals surface area contributed by atoms with Gasteiger partial charge in [0.2, 0.25) is 0 Å². The molecule has 0 bridgehead atoms. The molecule has 120 valence electrons. The average molecular weight is 321 g/mol. The average Bonchev–Trinajstić information content (AvgIpc) is 3.16. The van der Waals surface area contributed by atoms with Crippen LogP contribution in [0.4, 0.5) is 5.69 Å². The van der Waals surface area contributed by atoms with Crippen molar-refractivity contribution in [2.24, 2.45) is 0 Å². The Labute approximate surface area is 137 Å². The molecule has 0 unspecified atom stereocenters. The normalized spacial score (nSPS) is 14.7. The summed E-state index contributed by atoms with van der Waals surface area (Å²) in [7, 11) is 0. The molecule has 0 atom stereocenters. The van der Waals surface area contributed by atoms with Gasteiger partial charge in [0, 0.05) is 28.9 Å². The minimum atomic E-state index is -0.423. The number of aliphatic hydroxyl groups excluding tert-OH is 1. The summed E-state index contributed by atoms with van der Waals surface area (Å²) in [6.45, 7) is -0.253. The third-order valence-corrected chi connectivity index (χ3v) is 4.15. The van der Waals surface area contributed by atoms with E-state index < -0.39 is 11.8 Å². The van der Waals surface area contributed by atoms with Gasteiger partial charge in [-0.25, -0.2) is 0 Å². The van der Waals surface area contributed by atoms with Crippen LogP contribution in [0.2, 0.25) is 0 Å². The van der Waals surface area contributed by atoms with Crippen LogP contribution in [0.3, 0.4) is 0 Å². The molecule has 4 rings (SSSR count). The molecule has 2 amide bonds. The van der Waals surface area contributed by atoms with E-state index in [4.69, 9.17) is 5.11 Å². The monoisotopic (exact) mass is 321 g/mol. The number of carbonyl (C=O) groups is 2. The minimum absolute atomic E-state index is 0.00112. The fourth-order valence-electron chi connectivity index (χ4n) is 3.02. The highest BCUT2D eigenvalue weighted by atomic mass is 16.3. The van der Waals surface area contributed by atoms with E-state index in [0.29, 0.717) is 0 Å². The molecule has 0 saturated heterocycles. The molecule has 1 aliphatic heterocycles. The molecule has 6 nitrogen and oxygen atoms in total. The van der Waals surface area contributed by atoms with Gasteiger partial charge in [-0.15, -0.1) is 0 Å². The van der Waals surface area contributed by atoms with E-state index in [0.717, 1.165) is 27.0 Å². The zero-order valence-corrected chi connectivity index (χ0v) is 12.8. The van der Waals surface area contributed by atoms with Crippen molar-refractivity contribution in [1.29, 1.82) is 0 Å². The van der Waals surface area contributed by atoms with Gasteiger partial charge in [-0.05, 0) is 36.4 Å². The van der Waals surface area contributed by atoms with E-state index in [9.17, 15) is 9.59 Å². The van der Waals surface area contributed by atoms with Crippen molar-refractivity contribution in [1.82, 2.24) is 9.30 Å². The molecule has 0 saturated carbocycles. The molecule has 1 aliphatic rings. The maximum absolute atomic E-state index is 12.3.